The number of rotatable bonds is 3. The fraction of sp³-hybridized carbons (Fsp3) is 0.333. The second-order valence-electron chi connectivity index (χ2n) is 4.12. The lowest BCUT2D eigenvalue weighted by Gasteiger charge is -2.13. The Morgan fingerprint density at radius 3 is 2.35 bits per heavy atom. The molecule has 0 spiro atoms. The molecule has 0 fully saturated rings. The molecule has 5 heteroatoms. The van der Waals surface area contributed by atoms with Gasteiger partial charge in [-0.15, -0.1) is 0 Å². The van der Waals surface area contributed by atoms with Crippen LogP contribution < -0.4 is 16.8 Å². The van der Waals surface area contributed by atoms with Gasteiger partial charge in [0, 0.05) is 11.3 Å². The van der Waals surface area contributed by atoms with Crippen molar-refractivity contribution in [1.29, 1.82) is 0 Å². The van der Waals surface area contributed by atoms with Crippen molar-refractivity contribution in [3.8, 4) is 0 Å². The van der Waals surface area contributed by atoms with E-state index in [1.54, 1.807) is 6.07 Å². The lowest BCUT2D eigenvalue weighted by molar-refractivity contribution is -0.119. The van der Waals surface area contributed by atoms with Crippen LogP contribution in [-0.2, 0) is 4.79 Å². The first-order valence-corrected chi connectivity index (χ1v) is 5.29. The summed E-state index contributed by atoms with van der Waals surface area (Å²) in [5, 5.41) is 2.51. The van der Waals surface area contributed by atoms with E-state index in [1.165, 1.54) is 6.92 Å². The molecule has 1 atom stereocenters. The van der Waals surface area contributed by atoms with Crippen LogP contribution in [-0.4, -0.2) is 17.9 Å². The summed E-state index contributed by atoms with van der Waals surface area (Å²) in [6, 6.07) is 2.73. The summed E-state index contributed by atoms with van der Waals surface area (Å²) in [6.45, 7) is 5.22. The molecule has 0 aromatic heterocycles. The first kappa shape index (κ1) is 13.0. The van der Waals surface area contributed by atoms with Crippen LogP contribution in [0.5, 0.6) is 0 Å². The molecule has 17 heavy (non-hydrogen) atoms. The van der Waals surface area contributed by atoms with Crippen molar-refractivity contribution < 1.29 is 9.59 Å². The minimum Gasteiger partial charge on any atom is -0.398 e. The maximum atomic E-state index is 11.9. The van der Waals surface area contributed by atoms with Crippen molar-refractivity contribution in [2.75, 3.05) is 5.73 Å². The van der Waals surface area contributed by atoms with Gasteiger partial charge in [-0.05, 0) is 38.0 Å². The number of carbonyl (C=O) groups excluding carboxylic acids is 2. The van der Waals surface area contributed by atoms with E-state index in [0.717, 1.165) is 11.1 Å². The number of nitrogen functional groups attached to an aromatic ring is 1. The number of hydrogen-bond donors (Lipinski definition) is 3. The fourth-order valence-electron chi connectivity index (χ4n) is 1.46. The highest BCUT2D eigenvalue weighted by molar-refractivity contribution is 5.99. The number of anilines is 1. The second kappa shape index (κ2) is 4.86. The minimum atomic E-state index is -0.704. The second-order valence-corrected chi connectivity index (χ2v) is 4.12. The molecule has 5 N–H and O–H groups in total. The zero-order valence-electron chi connectivity index (χ0n) is 10.2. The molecule has 0 bridgehead atoms. The van der Waals surface area contributed by atoms with Crippen LogP contribution in [0.4, 0.5) is 5.69 Å². The monoisotopic (exact) mass is 235 g/mol. The van der Waals surface area contributed by atoms with Crippen molar-refractivity contribution in [1.82, 2.24) is 5.32 Å². The topological polar surface area (TPSA) is 98.2 Å². The molecular weight excluding hydrogens is 218 g/mol. The Morgan fingerprint density at radius 2 is 1.82 bits per heavy atom. The zero-order valence-corrected chi connectivity index (χ0v) is 10.2. The van der Waals surface area contributed by atoms with Gasteiger partial charge in [-0.3, -0.25) is 9.59 Å². The number of benzene rings is 1. The summed E-state index contributed by atoms with van der Waals surface area (Å²) in [5.41, 5.74) is 13.6. The number of nitrogens with one attached hydrogen (secondary N) is 1. The number of carbonyl (C=O) groups is 2. The average Bonchev–Trinajstić information content (AvgIpc) is 2.22. The van der Waals surface area contributed by atoms with Crippen molar-refractivity contribution in [2.45, 2.75) is 26.8 Å². The smallest absolute Gasteiger partial charge is 0.252 e. The van der Waals surface area contributed by atoms with E-state index in [0.29, 0.717) is 11.3 Å². The summed E-state index contributed by atoms with van der Waals surface area (Å²) in [7, 11) is 0. The molecule has 0 saturated heterocycles. The molecule has 0 aliphatic carbocycles. The molecular formula is C12H17N3O2. The number of primary amides is 1. The van der Waals surface area contributed by atoms with Gasteiger partial charge in [0.05, 0.1) is 0 Å². The third-order valence-electron chi connectivity index (χ3n) is 2.63. The van der Waals surface area contributed by atoms with Crippen molar-refractivity contribution >= 4 is 17.5 Å². The Hall–Kier alpha value is -2.04. The largest absolute Gasteiger partial charge is 0.398 e. The standard InChI is InChI=1S/C12H17N3O2/c1-6-4-7(2)10(13)5-9(6)12(17)15-8(3)11(14)16/h4-5,8H,13H2,1-3H3,(H2,14,16)(H,15,17). The van der Waals surface area contributed by atoms with Gasteiger partial charge in [0.2, 0.25) is 5.91 Å². The quantitative estimate of drug-likeness (QED) is 0.665. The Bertz CT molecular complexity index is 469. The molecule has 1 aromatic carbocycles. The van der Waals surface area contributed by atoms with Gasteiger partial charge in [0.25, 0.3) is 5.91 Å². The summed E-state index contributed by atoms with van der Waals surface area (Å²) in [6.07, 6.45) is 0. The Labute approximate surface area is 100 Å². The summed E-state index contributed by atoms with van der Waals surface area (Å²) >= 11 is 0. The lowest BCUT2D eigenvalue weighted by Crippen LogP contribution is -2.42. The van der Waals surface area contributed by atoms with E-state index in [4.69, 9.17) is 11.5 Å². The lowest BCUT2D eigenvalue weighted by atomic mass is 10.0. The van der Waals surface area contributed by atoms with Gasteiger partial charge in [-0.2, -0.15) is 0 Å². The molecule has 0 aliphatic rings. The minimum absolute atomic E-state index is 0.347. The van der Waals surface area contributed by atoms with Crippen LogP contribution in [0.15, 0.2) is 12.1 Å². The molecule has 0 aliphatic heterocycles. The van der Waals surface area contributed by atoms with Crippen molar-refractivity contribution in [3.05, 3.63) is 28.8 Å². The third-order valence-corrected chi connectivity index (χ3v) is 2.63. The highest BCUT2D eigenvalue weighted by atomic mass is 16.2. The molecule has 2 amide bonds. The van der Waals surface area contributed by atoms with E-state index in [1.807, 2.05) is 19.9 Å². The first-order valence-electron chi connectivity index (χ1n) is 5.29. The first-order chi connectivity index (χ1) is 7.82. The maximum Gasteiger partial charge on any atom is 0.252 e. The number of nitrogens with two attached hydrogens (primary N) is 2. The molecule has 5 nitrogen and oxygen atoms in total. The van der Waals surface area contributed by atoms with Crippen LogP contribution in [0, 0.1) is 13.8 Å². The van der Waals surface area contributed by atoms with Gasteiger partial charge in [0.1, 0.15) is 6.04 Å². The van der Waals surface area contributed by atoms with Crippen LogP contribution in [0.3, 0.4) is 0 Å². The molecule has 0 radical (unpaired) electrons. The van der Waals surface area contributed by atoms with Gasteiger partial charge in [-0.1, -0.05) is 6.07 Å². The third kappa shape index (κ3) is 2.96. The predicted molar refractivity (Wildman–Crippen MR) is 66.5 cm³/mol. The van der Waals surface area contributed by atoms with Gasteiger partial charge in [0.15, 0.2) is 0 Å². The van der Waals surface area contributed by atoms with E-state index < -0.39 is 11.9 Å². The summed E-state index contributed by atoms with van der Waals surface area (Å²) in [4.78, 5) is 22.7. The van der Waals surface area contributed by atoms with Crippen LogP contribution in [0.2, 0.25) is 0 Å². The molecule has 1 rings (SSSR count). The number of aryl methyl sites for hydroxylation is 2. The normalized spacial score (nSPS) is 11.9. The van der Waals surface area contributed by atoms with E-state index in [2.05, 4.69) is 5.32 Å². The number of amides is 2. The van der Waals surface area contributed by atoms with Crippen LogP contribution in [0.25, 0.3) is 0 Å². The van der Waals surface area contributed by atoms with Crippen LogP contribution in [0.1, 0.15) is 28.4 Å². The van der Waals surface area contributed by atoms with E-state index in [9.17, 15) is 9.59 Å². The van der Waals surface area contributed by atoms with Crippen molar-refractivity contribution in [3.63, 3.8) is 0 Å². The SMILES string of the molecule is Cc1cc(C)c(C(=O)NC(C)C(N)=O)cc1N. The van der Waals surface area contributed by atoms with Crippen molar-refractivity contribution in [2.24, 2.45) is 5.73 Å². The molecule has 1 unspecified atom stereocenters. The van der Waals surface area contributed by atoms with Gasteiger partial charge < -0.3 is 16.8 Å². The average molecular weight is 235 g/mol. The Morgan fingerprint density at radius 1 is 1.24 bits per heavy atom. The molecule has 1 aromatic rings. The molecule has 92 valence electrons. The maximum absolute atomic E-state index is 11.9. The molecule has 0 saturated carbocycles. The Kier molecular flexibility index (Phi) is 3.73. The summed E-state index contributed by atoms with van der Waals surface area (Å²) in [5.74, 6) is -0.920. The molecule has 0 heterocycles. The van der Waals surface area contributed by atoms with Crippen LogP contribution >= 0.6 is 0 Å². The van der Waals surface area contributed by atoms with E-state index in [-0.39, 0.29) is 5.91 Å². The highest BCUT2D eigenvalue weighted by Gasteiger charge is 2.16. The zero-order chi connectivity index (χ0) is 13.2. The number of hydrogen-bond acceptors (Lipinski definition) is 3. The van der Waals surface area contributed by atoms with E-state index >= 15 is 0 Å². The predicted octanol–water partition coefficient (Wildman–Crippen LogP) is 0.489. The van der Waals surface area contributed by atoms with Gasteiger partial charge in [-0.25, -0.2) is 0 Å². The Balaban J connectivity index is 2.97. The fourth-order valence-corrected chi connectivity index (χ4v) is 1.46. The summed E-state index contributed by atoms with van der Waals surface area (Å²) < 4.78 is 0. The highest BCUT2D eigenvalue weighted by Crippen LogP contribution is 2.17. The van der Waals surface area contributed by atoms with Gasteiger partial charge >= 0.3 is 0 Å².